The highest BCUT2D eigenvalue weighted by Crippen LogP contribution is 2.23. The number of unbranched alkanes of at least 4 members (excludes halogenated alkanes) is 2. The monoisotopic (exact) mass is 425 g/mol. The minimum Gasteiger partial charge on any atom is -0.367 e. The average molecular weight is 426 g/mol. The first-order valence-electron chi connectivity index (χ1n) is 8.71. The predicted molar refractivity (Wildman–Crippen MR) is 114 cm³/mol. The zero-order valence-electron chi connectivity index (χ0n) is 15.0. The van der Waals surface area contributed by atoms with Crippen molar-refractivity contribution in [2.45, 2.75) is 32.4 Å². The molecule has 0 fully saturated rings. The lowest BCUT2D eigenvalue weighted by atomic mass is 10.2. The van der Waals surface area contributed by atoms with Crippen LogP contribution in [-0.2, 0) is 13.1 Å². The lowest BCUT2D eigenvalue weighted by Gasteiger charge is -2.07. The summed E-state index contributed by atoms with van der Waals surface area (Å²) in [5, 5.41) is 12.5. The molecule has 2 heterocycles. The SMILES string of the molecule is CSCCCCCn1nnc2cc(NCc3ccc(Cl)c(Cl)c3)[nH]c(=O)c21. The summed E-state index contributed by atoms with van der Waals surface area (Å²) in [5.74, 6) is 1.75. The zero-order valence-corrected chi connectivity index (χ0v) is 17.3. The van der Waals surface area contributed by atoms with E-state index in [1.807, 2.05) is 17.8 Å². The zero-order chi connectivity index (χ0) is 19.2. The summed E-state index contributed by atoms with van der Waals surface area (Å²) >= 11 is 13.8. The molecule has 0 spiro atoms. The molecule has 0 bridgehead atoms. The van der Waals surface area contributed by atoms with E-state index in [4.69, 9.17) is 23.2 Å². The van der Waals surface area contributed by atoms with E-state index in [-0.39, 0.29) is 5.56 Å². The normalized spacial score (nSPS) is 11.2. The first-order valence-corrected chi connectivity index (χ1v) is 10.9. The van der Waals surface area contributed by atoms with Gasteiger partial charge in [-0.3, -0.25) is 4.79 Å². The Kier molecular flexibility index (Phi) is 7.04. The molecule has 0 aliphatic rings. The van der Waals surface area contributed by atoms with Crippen LogP contribution in [0.4, 0.5) is 5.82 Å². The molecule has 2 N–H and O–H groups in total. The van der Waals surface area contributed by atoms with E-state index in [0.717, 1.165) is 24.2 Å². The Morgan fingerprint density at radius 2 is 2.04 bits per heavy atom. The number of hydrogen-bond acceptors (Lipinski definition) is 5. The number of rotatable bonds is 9. The number of H-pyrrole nitrogens is 1. The molecule has 0 saturated heterocycles. The fourth-order valence-corrected chi connectivity index (χ4v) is 3.61. The van der Waals surface area contributed by atoms with Crippen molar-refractivity contribution in [1.82, 2.24) is 20.0 Å². The van der Waals surface area contributed by atoms with Gasteiger partial charge in [0.25, 0.3) is 5.56 Å². The molecule has 144 valence electrons. The van der Waals surface area contributed by atoms with Gasteiger partial charge in [0, 0.05) is 19.2 Å². The summed E-state index contributed by atoms with van der Waals surface area (Å²) < 4.78 is 1.69. The van der Waals surface area contributed by atoms with Gasteiger partial charge in [-0.2, -0.15) is 11.8 Å². The van der Waals surface area contributed by atoms with Crippen molar-refractivity contribution >= 4 is 51.8 Å². The molecular weight excluding hydrogens is 405 g/mol. The molecule has 0 unspecified atom stereocenters. The molecule has 3 aromatic rings. The average Bonchev–Trinajstić information content (AvgIpc) is 3.06. The topological polar surface area (TPSA) is 75.6 Å². The van der Waals surface area contributed by atoms with Gasteiger partial charge in [0.05, 0.1) is 10.0 Å². The predicted octanol–water partition coefficient (Wildman–Crippen LogP) is 4.57. The molecule has 2 aromatic heterocycles. The third-order valence-electron chi connectivity index (χ3n) is 4.19. The van der Waals surface area contributed by atoms with Gasteiger partial charge in [0.1, 0.15) is 11.3 Å². The van der Waals surface area contributed by atoms with Crippen LogP contribution in [0.3, 0.4) is 0 Å². The Hall–Kier alpha value is -1.70. The maximum absolute atomic E-state index is 12.5. The third kappa shape index (κ3) is 5.18. The van der Waals surface area contributed by atoms with Crippen LogP contribution < -0.4 is 10.9 Å². The van der Waals surface area contributed by atoms with E-state index >= 15 is 0 Å². The van der Waals surface area contributed by atoms with Crippen LogP contribution in [-0.4, -0.2) is 32.0 Å². The van der Waals surface area contributed by atoms with Crippen molar-refractivity contribution in [1.29, 1.82) is 0 Å². The molecule has 0 amide bonds. The lowest BCUT2D eigenvalue weighted by Crippen LogP contribution is -2.14. The number of fused-ring (bicyclic) bond motifs is 1. The molecular formula is C18H21Cl2N5OS. The van der Waals surface area contributed by atoms with Gasteiger partial charge in [0.15, 0.2) is 5.52 Å². The molecule has 0 saturated carbocycles. The van der Waals surface area contributed by atoms with Gasteiger partial charge < -0.3 is 10.3 Å². The lowest BCUT2D eigenvalue weighted by molar-refractivity contribution is 0.550. The molecule has 27 heavy (non-hydrogen) atoms. The highest BCUT2D eigenvalue weighted by molar-refractivity contribution is 7.98. The van der Waals surface area contributed by atoms with E-state index in [9.17, 15) is 4.79 Å². The highest BCUT2D eigenvalue weighted by atomic mass is 35.5. The van der Waals surface area contributed by atoms with Crippen molar-refractivity contribution in [3.63, 3.8) is 0 Å². The maximum atomic E-state index is 12.5. The number of benzene rings is 1. The van der Waals surface area contributed by atoms with Crippen LogP contribution in [0.5, 0.6) is 0 Å². The molecule has 3 rings (SSSR count). The van der Waals surface area contributed by atoms with Crippen LogP contribution in [0.25, 0.3) is 11.0 Å². The summed E-state index contributed by atoms with van der Waals surface area (Å²) in [6.07, 6.45) is 5.38. The van der Waals surface area contributed by atoms with Crippen molar-refractivity contribution < 1.29 is 0 Å². The second-order valence-corrected chi connectivity index (χ2v) is 8.01. The number of nitrogens with one attached hydrogen (secondary N) is 2. The summed E-state index contributed by atoms with van der Waals surface area (Å²) in [6.45, 7) is 1.20. The van der Waals surface area contributed by atoms with E-state index in [1.165, 1.54) is 6.42 Å². The summed E-state index contributed by atoms with van der Waals surface area (Å²) in [5.41, 5.74) is 1.86. The van der Waals surface area contributed by atoms with Gasteiger partial charge in [-0.05, 0) is 42.5 Å². The standard InChI is InChI=1S/C18H21Cl2N5OS/c1-27-8-4-2-3-7-25-17-15(23-24-25)10-16(22-18(17)26)21-11-12-5-6-13(19)14(20)9-12/h5-6,9-10H,2-4,7-8,11H2,1H3,(H2,21,22,26). The van der Waals surface area contributed by atoms with E-state index in [0.29, 0.717) is 40.0 Å². The Bertz CT molecular complexity index is 972. The van der Waals surface area contributed by atoms with Crippen LogP contribution in [0, 0.1) is 0 Å². The molecule has 9 heteroatoms. The quantitative estimate of drug-likeness (QED) is 0.490. The maximum Gasteiger partial charge on any atom is 0.277 e. The number of hydrogen-bond donors (Lipinski definition) is 2. The summed E-state index contributed by atoms with van der Waals surface area (Å²) in [4.78, 5) is 15.3. The Labute approximate surface area is 171 Å². The molecule has 1 aromatic carbocycles. The Morgan fingerprint density at radius 1 is 1.19 bits per heavy atom. The minimum atomic E-state index is -0.196. The molecule has 0 radical (unpaired) electrons. The van der Waals surface area contributed by atoms with E-state index in [2.05, 4.69) is 26.9 Å². The number of nitrogens with zero attached hydrogens (tertiary/aromatic N) is 3. The smallest absolute Gasteiger partial charge is 0.277 e. The van der Waals surface area contributed by atoms with Crippen LogP contribution >= 0.6 is 35.0 Å². The van der Waals surface area contributed by atoms with Gasteiger partial charge in [-0.25, -0.2) is 4.68 Å². The van der Waals surface area contributed by atoms with Gasteiger partial charge in [-0.1, -0.05) is 40.9 Å². The fourth-order valence-electron chi connectivity index (χ4n) is 2.79. The van der Waals surface area contributed by atoms with Crippen molar-refractivity contribution in [2.75, 3.05) is 17.3 Å². The van der Waals surface area contributed by atoms with Crippen molar-refractivity contribution in [3.05, 3.63) is 50.2 Å². The van der Waals surface area contributed by atoms with Crippen LogP contribution in [0.1, 0.15) is 24.8 Å². The summed E-state index contributed by atoms with van der Waals surface area (Å²) in [6, 6.07) is 7.22. The minimum absolute atomic E-state index is 0.196. The van der Waals surface area contributed by atoms with Crippen LogP contribution in [0.2, 0.25) is 10.0 Å². The third-order valence-corrected chi connectivity index (χ3v) is 5.63. The number of halogens is 2. The van der Waals surface area contributed by atoms with Gasteiger partial charge in [-0.15, -0.1) is 5.10 Å². The molecule has 6 nitrogen and oxygen atoms in total. The van der Waals surface area contributed by atoms with Crippen molar-refractivity contribution in [2.24, 2.45) is 0 Å². The Balaban J connectivity index is 1.68. The number of pyridine rings is 1. The molecule has 0 aliphatic heterocycles. The second-order valence-electron chi connectivity index (χ2n) is 6.21. The van der Waals surface area contributed by atoms with E-state index in [1.54, 1.807) is 22.9 Å². The van der Waals surface area contributed by atoms with Gasteiger partial charge in [0.2, 0.25) is 0 Å². The largest absolute Gasteiger partial charge is 0.367 e. The second kappa shape index (κ2) is 9.48. The highest BCUT2D eigenvalue weighted by Gasteiger charge is 2.10. The Morgan fingerprint density at radius 3 is 2.81 bits per heavy atom. The van der Waals surface area contributed by atoms with E-state index < -0.39 is 0 Å². The molecule has 0 atom stereocenters. The molecule has 0 aliphatic carbocycles. The number of anilines is 1. The number of aromatic nitrogens is 4. The number of aryl methyl sites for hydroxylation is 1. The van der Waals surface area contributed by atoms with Crippen molar-refractivity contribution in [3.8, 4) is 0 Å². The summed E-state index contributed by atoms with van der Waals surface area (Å²) in [7, 11) is 0. The number of aromatic amines is 1. The fraction of sp³-hybridized carbons (Fsp3) is 0.389. The van der Waals surface area contributed by atoms with Gasteiger partial charge >= 0.3 is 0 Å². The first kappa shape index (κ1) is 20.0. The van der Waals surface area contributed by atoms with Crippen LogP contribution in [0.15, 0.2) is 29.1 Å². The number of thioether (sulfide) groups is 1. The first-order chi connectivity index (χ1) is 13.1.